The van der Waals surface area contributed by atoms with Crippen molar-refractivity contribution in [1.82, 2.24) is 9.88 Å². The highest BCUT2D eigenvalue weighted by atomic mass is 32.2. The number of nitrogens with zero attached hydrogens (tertiary/aromatic N) is 1. The number of rotatable bonds is 3. The first kappa shape index (κ1) is 15.2. The predicted molar refractivity (Wildman–Crippen MR) is 87.8 cm³/mol. The number of aryl methyl sites for hydroxylation is 1. The van der Waals surface area contributed by atoms with E-state index in [2.05, 4.69) is 4.98 Å². The highest BCUT2D eigenvalue weighted by molar-refractivity contribution is 7.91. The Hall–Kier alpha value is -1.66. The SMILES string of the molecule is Cc1ccc2[nH]c(CN(C)[C@H]3CCS(=O)(=O)C3)cc(=O)c2c1. The Morgan fingerprint density at radius 2 is 2.09 bits per heavy atom. The Morgan fingerprint density at radius 3 is 2.77 bits per heavy atom. The lowest BCUT2D eigenvalue weighted by atomic mass is 10.1. The van der Waals surface area contributed by atoms with Crippen molar-refractivity contribution in [3.05, 3.63) is 45.7 Å². The molecule has 1 saturated heterocycles. The molecule has 1 aromatic heterocycles. The van der Waals surface area contributed by atoms with E-state index in [0.29, 0.717) is 18.4 Å². The highest BCUT2D eigenvalue weighted by Crippen LogP contribution is 2.18. The molecule has 22 heavy (non-hydrogen) atoms. The van der Waals surface area contributed by atoms with Crippen molar-refractivity contribution in [1.29, 1.82) is 0 Å². The zero-order valence-corrected chi connectivity index (χ0v) is 13.6. The second-order valence-corrected chi connectivity index (χ2v) is 8.41. The lowest BCUT2D eigenvalue weighted by Gasteiger charge is -2.23. The first-order chi connectivity index (χ1) is 10.3. The van der Waals surface area contributed by atoms with Gasteiger partial charge in [-0.2, -0.15) is 0 Å². The standard InChI is InChI=1S/C16H20N2O3S/c1-11-3-4-15-14(7-11)16(19)8-12(17-15)9-18(2)13-5-6-22(20,21)10-13/h3-4,7-8,13H,5-6,9-10H2,1-2H3,(H,17,19)/t13-/m0/s1. The number of benzene rings is 1. The molecule has 118 valence electrons. The summed E-state index contributed by atoms with van der Waals surface area (Å²) in [5, 5.41) is 0.690. The zero-order chi connectivity index (χ0) is 15.9. The van der Waals surface area contributed by atoms with E-state index < -0.39 is 9.84 Å². The topological polar surface area (TPSA) is 70.2 Å². The third kappa shape index (κ3) is 3.08. The van der Waals surface area contributed by atoms with Crippen LogP contribution in [0.4, 0.5) is 0 Å². The van der Waals surface area contributed by atoms with Crippen LogP contribution in [0.5, 0.6) is 0 Å². The molecule has 5 nitrogen and oxygen atoms in total. The minimum Gasteiger partial charge on any atom is -0.357 e. The number of fused-ring (bicyclic) bond motifs is 1. The van der Waals surface area contributed by atoms with Crippen LogP contribution in [0, 0.1) is 6.92 Å². The average molecular weight is 320 g/mol. The van der Waals surface area contributed by atoms with Crippen LogP contribution in [-0.4, -0.2) is 42.9 Å². The predicted octanol–water partition coefficient (Wildman–Crippen LogP) is 1.46. The average Bonchev–Trinajstić information content (AvgIpc) is 2.80. The van der Waals surface area contributed by atoms with Crippen LogP contribution < -0.4 is 5.43 Å². The lowest BCUT2D eigenvalue weighted by molar-refractivity contribution is 0.251. The van der Waals surface area contributed by atoms with E-state index in [4.69, 9.17) is 0 Å². The van der Waals surface area contributed by atoms with Gasteiger partial charge in [-0.25, -0.2) is 8.42 Å². The lowest BCUT2D eigenvalue weighted by Crippen LogP contribution is -2.32. The Bertz CT molecular complexity index is 871. The van der Waals surface area contributed by atoms with E-state index in [-0.39, 0.29) is 23.0 Å². The number of sulfone groups is 1. The van der Waals surface area contributed by atoms with Gasteiger partial charge in [-0.15, -0.1) is 0 Å². The second-order valence-electron chi connectivity index (χ2n) is 6.18. The van der Waals surface area contributed by atoms with Crippen LogP contribution >= 0.6 is 0 Å². The number of H-pyrrole nitrogens is 1. The van der Waals surface area contributed by atoms with Crippen molar-refractivity contribution < 1.29 is 8.42 Å². The molecule has 1 aliphatic heterocycles. The molecule has 0 amide bonds. The van der Waals surface area contributed by atoms with E-state index in [1.54, 1.807) is 6.07 Å². The van der Waals surface area contributed by atoms with Crippen LogP contribution in [0.15, 0.2) is 29.1 Å². The fraction of sp³-hybridized carbons (Fsp3) is 0.438. The molecule has 6 heteroatoms. The fourth-order valence-electron chi connectivity index (χ4n) is 3.02. The van der Waals surface area contributed by atoms with Gasteiger partial charge in [-0.3, -0.25) is 9.69 Å². The first-order valence-electron chi connectivity index (χ1n) is 7.37. The molecule has 0 saturated carbocycles. The van der Waals surface area contributed by atoms with E-state index in [0.717, 1.165) is 16.8 Å². The van der Waals surface area contributed by atoms with Crippen LogP contribution in [0.1, 0.15) is 17.7 Å². The Kier molecular flexibility index (Phi) is 3.82. The van der Waals surface area contributed by atoms with Gasteiger partial charge >= 0.3 is 0 Å². The molecule has 0 aliphatic carbocycles. The van der Waals surface area contributed by atoms with Gasteiger partial charge in [0.2, 0.25) is 0 Å². The molecule has 0 spiro atoms. The molecular formula is C16H20N2O3S. The Morgan fingerprint density at radius 1 is 1.32 bits per heavy atom. The summed E-state index contributed by atoms with van der Waals surface area (Å²) in [5.74, 6) is 0.468. The van der Waals surface area contributed by atoms with Crippen LogP contribution in [0.3, 0.4) is 0 Å². The van der Waals surface area contributed by atoms with Gasteiger partial charge in [0.25, 0.3) is 0 Å². The normalized spacial score (nSPS) is 20.8. The largest absolute Gasteiger partial charge is 0.357 e. The van der Waals surface area contributed by atoms with E-state index in [1.807, 2.05) is 37.1 Å². The van der Waals surface area contributed by atoms with Crippen molar-refractivity contribution >= 4 is 20.7 Å². The molecule has 0 radical (unpaired) electrons. The minimum absolute atomic E-state index is 0.0000986. The van der Waals surface area contributed by atoms with Crippen molar-refractivity contribution in [3.63, 3.8) is 0 Å². The maximum Gasteiger partial charge on any atom is 0.189 e. The number of hydrogen-bond acceptors (Lipinski definition) is 4. The van der Waals surface area contributed by atoms with Gasteiger partial charge in [0, 0.05) is 35.2 Å². The maximum atomic E-state index is 12.2. The smallest absolute Gasteiger partial charge is 0.189 e. The summed E-state index contributed by atoms with van der Waals surface area (Å²) in [6.45, 7) is 2.50. The quantitative estimate of drug-likeness (QED) is 0.929. The minimum atomic E-state index is -2.89. The summed E-state index contributed by atoms with van der Waals surface area (Å²) in [5.41, 5.74) is 2.69. The molecular weight excluding hydrogens is 300 g/mol. The zero-order valence-electron chi connectivity index (χ0n) is 12.8. The monoisotopic (exact) mass is 320 g/mol. The Balaban J connectivity index is 1.85. The van der Waals surface area contributed by atoms with Gasteiger partial charge in [0.1, 0.15) is 0 Å². The first-order valence-corrected chi connectivity index (χ1v) is 9.19. The van der Waals surface area contributed by atoms with Crippen molar-refractivity contribution in [2.24, 2.45) is 0 Å². The highest BCUT2D eigenvalue weighted by Gasteiger charge is 2.30. The number of nitrogens with one attached hydrogen (secondary N) is 1. The molecule has 3 rings (SSSR count). The third-order valence-corrected chi connectivity index (χ3v) is 6.04. The maximum absolute atomic E-state index is 12.2. The van der Waals surface area contributed by atoms with Gasteiger partial charge in [-0.1, -0.05) is 11.6 Å². The third-order valence-electron chi connectivity index (χ3n) is 4.29. The molecule has 1 fully saturated rings. The summed E-state index contributed by atoms with van der Waals surface area (Å²) in [6, 6.07) is 7.40. The molecule has 0 bridgehead atoms. The molecule has 2 heterocycles. The number of aromatic amines is 1. The summed E-state index contributed by atoms with van der Waals surface area (Å²) < 4.78 is 23.1. The Labute approximate surface area is 129 Å². The van der Waals surface area contributed by atoms with Gasteiger partial charge < -0.3 is 4.98 Å². The van der Waals surface area contributed by atoms with Crippen LogP contribution in [-0.2, 0) is 16.4 Å². The van der Waals surface area contributed by atoms with Crippen molar-refractivity contribution in [3.8, 4) is 0 Å². The van der Waals surface area contributed by atoms with Crippen LogP contribution in [0.25, 0.3) is 10.9 Å². The molecule has 1 atom stereocenters. The molecule has 1 N–H and O–H groups in total. The number of pyridine rings is 1. The van der Waals surface area contributed by atoms with E-state index in [9.17, 15) is 13.2 Å². The molecule has 1 aromatic carbocycles. The van der Waals surface area contributed by atoms with E-state index >= 15 is 0 Å². The van der Waals surface area contributed by atoms with Gasteiger partial charge in [-0.05, 0) is 32.5 Å². The van der Waals surface area contributed by atoms with Gasteiger partial charge in [0.15, 0.2) is 15.3 Å². The molecule has 0 unspecified atom stereocenters. The second kappa shape index (κ2) is 5.52. The number of aromatic nitrogens is 1. The van der Waals surface area contributed by atoms with E-state index in [1.165, 1.54) is 0 Å². The van der Waals surface area contributed by atoms with Crippen molar-refractivity contribution in [2.75, 3.05) is 18.6 Å². The van der Waals surface area contributed by atoms with Gasteiger partial charge in [0.05, 0.1) is 11.5 Å². The summed E-state index contributed by atoms with van der Waals surface area (Å²) in [7, 11) is -0.988. The summed E-state index contributed by atoms with van der Waals surface area (Å²) in [4.78, 5) is 17.5. The van der Waals surface area contributed by atoms with Crippen LogP contribution in [0.2, 0.25) is 0 Å². The fourth-order valence-corrected chi connectivity index (χ4v) is 4.83. The summed E-state index contributed by atoms with van der Waals surface area (Å²) >= 11 is 0. The molecule has 1 aliphatic rings. The molecule has 2 aromatic rings. The number of hydrogen-bond donors (Lipinski definition) is 1. The van der Waals surface area contributed by atoms with Crippen molar-refractivity contribution in [2.45, 2.75) is 25.9 Å². The summed E-state index contributed by atoms with van der Waals surface area (Å²) in [6.07, 6.45) is 0.663.